The molecule has 0 aromatic carbocycles. The summed E-state index contributed by atoms with van der Waals surface area (Å²) in [6.07, 6.45) is 1.62. The Morgan fingerprint density at radius 2 is 2.00 bits per heavy atom. The van der Waals surface area contributed by atoms with Gasteiger partial charge in [-0.2, -0.15) is 5.10 Å². The van der Waals surface area contributed by atoms with Crippen LogP contribution in [-0.2, 0) is 0 Å². The van der Waals surface area contributed by atoms with E-state index in [1.165, 1.54) is 0 Å². The summed E-state index contributed by atoms with van der Waals surface area (Å²) >= 11 is 0. The number of rotatable bonds is 6. The number of aliphatic hydroxyl groups excluding tert-OH is 2. The van der Waals surface area contributed by atoms with Gasteiger partial charge in [-0.1, -0.05) is 6.07 Å². The molecule has 0 radical (unpaired) electrons. The summed E-state index contributed by atoms with van der Waals surface area (Å²) in [6.45, 7) is 2.75. The minimum Gasteiger partial charge on any atom is -0.394 e. The first-order chi connectivity index (χ1) is 7.76. The Balaban J connectivity index is 2.62. The van der Waals surface area contributed by atoms with Crippen LogP contribution in [0.25, 0.3) is 0 Å². The van der Waals surface area contributed by atoms with E-state index in [-0.39, 0.29) is 13.2 Å². The van der Waals surface area contributed by atoms with Gasteiger partial charge < -0.3 is 10.2 Å². The molecule has 16 heavy (non-hydrogen) atoms. The van der Waals surface area contributed by atoms with Crippen LogP contribution in [0, 0.1) is 6.92 Å². The lowest BCUT2D eigenvalue weighted by molar-refractivity contribution is 0.166. The lowest BCUT2D eigenvalue weighted by atomic mass is 10.3. The standard InChI is InChI=1S/C11H17N3O2/c1-10-3-2-4-11(13-10)9-12-14(5-7-15)6-8-16/h2-4,9,15-16H,5-8H2,1H3. The molecular formula is C11H17N3O2. The van der Waals surface area contributed by atoms with Crippen molar-refractivity contribution < 1.29 is 10.2 Å². The third kappa shape index (κ3) is 4.37. The SMILES string of the molecule is Cc1cccc(C=NN(CCO)CCO)n1. The zero-order valence-corrected chi connectivity index (χ0v) is 9.37. The lowest BCUT2D eigenvalue weighted by Gasteiger charge is -2.15. The molecule has 1 aromatic rings. The number of nitrogens with zero attached hydrogens (tertiary/aromatic N) is 3. The predicted molar refractivity (Wildman–Crippen MR) is 62.3 cm³/mol. The predicted octanol–water partition coefficient (Wildman–Crippen LogP) is 0.0105. The van der Waals surface area contributed by atoms with Crippen molar-refractivity contribution in [1.82, 2.24) is 9.99 Å². The molecule has 2 N–H and O–H groups in total. The van der Waals surface area contributed by atoms with Crippen LogP contribution in [-0.4, -0.2) is 52.7 Å². The number of aromatic nitrogens is 1. The van der Waals surface area contributed by atoms with Crippen LogP contribution >= 0.6 is 0 Å². The highest BCUT2D eigenvalue weighted by atomic mass is 16.3. The normalized spacial score (nSPS) is 10.9. The summed E-state index contributed by atoms with van der Waals surface area (Å²) in [7, 11) is 0. The molecule has 0 aliphatic carbocycles. The molecule has 5 nitrogen and oxygen atoms in total. The van der Waals surface area contributed by atoms with Crippen LogP contribution in [0.4, 0.5) is 0 Å². The van der Waals surface area contributed by atoms with Crippen molar-refractivity contribution in [3.8, 4) is 0 Å². The fourth-order valence-electron chi connectivity index (χ4n) is 1.23. The van der Waals surface area contributed by atoms with Crippen molar-refractivity contribution in [2.75, 3.05) is 26.3 Å². The van der Waals surface area contributed by atoms with Gasteiger partial charge in [-0.25, -0.2) is 0 Å². The zero-order valence-electron chi connectivity index (χ0n) is 9.37. The van der Waals surface area contributed by atoms with Crippen molar-refractivity contribution in [1.29, 1.82) is 0 Å². The molecule has 0 unspecified atom stereocenters. The van der Waals surface area contributed by atoms with Gasteiger partial charge in [0.2, 0.25) is 0 Å². The molecule has 5 heteroatoms. The number of hydrazone groups is 1. The van der Waals surface area contributed by atoms with E-state index in [9.17, 15) is 0 Å². The molecule has 0 aliphatic rings. The highest BCUT2D eigenvalue weighted by molar-refractivity contribution is 5.76. The van der Waals surface area contributed by atoms with E-state index in [0.29, 0.717) is 13.1 Å². The summed E-state index contributed by atoms with van der Waals surface area (Å²) < 4.78 is 0. The van der Waals surface area contributed by atoms with Crippen LogP contribution in [0.3, 0.4) is 0 Å². The molecule has 0 saturated carbocycles. The van der Waals surface area contributed by atoms with E-state index < -0.39 is 0 Å². The molecule has 0 atom stereocenters. The molecule has 88 valence electrons. The Morgan fingerprint density at radius 3 is 2.56 bits per heavy atom. The molecule has 0 amide bonds. The van der Waals surface area contributed by atoms with Gasteiger partial charge in [0.15, 0.2) is 0 Å². The monoisotopic (exact) mass is 223 g/mol. The van der Waals surface area contributed by atoms with Crippen LogP contribution in [0.2, 0.25) is 0 Å². The summed E-state index contributed by atoms with van der Waals surface area (Å²) in [5.74, 6) is 0. The van der Waals surface area contributed by atoms with Crippen LogP contribution in [0.15, 0.2) is 23.3 Å². The number of hydrogen-bond acceptors (Lipinski definition) is 5. The first kappa shape index (κ1) is 12.6. The summed E-state index contributed by atoms with van der Waals surface area (Å²) in [6, 6.07) is 5.68. The van der Waals surface area contributed by atoms with Gasteiger partial charge >= 0.3 is 0 Å². The fourth-order valence-corrected chi connectivity index (χ4v) is 1.23. The molecule has 0 spiro atoms. The molecule has 1 rings (SSSR count). The van der Waals surface area contributed by atoms with E-state index in [1.807, 2.05) is 25.1 Å². The average molecular weight is 223 g/mol. The van der Waals surface area contributed by atoms with Gasteiger partial charge in [0.25, 0.3) is 0 Å². The van der Waals surface area contributed by atoms with E-state index >= 15 is 0 Å². The number of hydrogen-bond donors (Lipinski definition) is 2. The number of pyridine rings is 1. The van der Waals surface area contributed by atoms with Gasteiger partial charge in [0, 0.05) is 5.69 Å². The molecule has 1 heterocycles. The van der Waals surface area contributed by atoms with E-state index in [0.717, 1.165) is 11.4 Å². The van der Waals surface area contributed by atoms with Gasteiger partial charge in [0.05, 0.1) is 38.2 Å². The van der Waals surface area contributed by atoms with Crippen LogP contribution < -0.4 is 0 Å². The van der Waals surface area contributed by atoms with Crippen molar-refractivity contribution in [2.45, 2.75) is 6.92 Å². The van der Waals surface area contributed by atoms with Gasteiger partial charge in [-0.05, 0) is 19.1 Å². The third-order valence-electron chi connectivity index (χ3n) is 1.98. The van der Waals surface area contributed by atoms with Crippen LogP contribution in [0.5, 0.6) is 0 Å². The topological polar surface area (TPSA) is 69.0 Å². The maximum atomic E-state index is 8.79. The summed E-state index contributed by atoms with van der Waals surface area (Å²) in [4.78, 5) is 4.26. The maximum absolute atomic E-state index is 8.79. The number of aliphatic hydroxyl groups is 2. The van der Waals surface area contributed by atoms with E-state index in [4.69, 9.17) is 10.2 Å². The molecular weight excluding hydrogens is 206 g/mol. The lowest BCUT2D eigenvalue weighted by Crippen LogP contribution is -2.24. The first-order valence-corrected chi connectivity index (χ1v) is 5.20. The Hall–Kier alpha value is -1.46. The van der Waals surface area contributed by atoms with Crippen molar-refractivity contribution in [2.24, 2.45) is 5.10 Å². The Labute approximate surface area is 95.1 Å². The second-order valence-corrected chi connectivity index (χ2v) is 3.35. The zero-order chi connectivity index (χ0) is 11.8. The minimum atomic E-state index is 0.0125. The molecule has 0 fully saturated rings. The van der Waals surface area contributed by atoms with Gasteiger partial charge in [-0.15, -0.1) is 0 Å². The van der Waals surface area contributed by atoms with Gasteiger partial charge in [0.1, 0.15) is 0 Å². The van der Waals surface area contributed by atoms with Crippen LogP contribution in [0.1, 0.15) is 11.4 Å². The maximum Gasteiger partial charge on any atom is 0.0833 e. The molecule has 0 saturated heterocycles. The Morgan fingerprint density at radius 1 is 1.31 bits per heavy atom. The number of aryl methyl sites for hydroxylation is 1. The van der Waals surface area contributed by atoms with E-state index in [2.05, 4.69) is 10.1 Å². The molecule has 1 aromatic heterocycles. The molecule has 0 bridgehead atoms. The first-order valence-electron chi connectivity index (χ1n) is 5.20. The highest BCUT2D eigenvalue weighted by Gasteiger charge is 1.98. The Kier molecular flexibility index (Phi) is 5.45. The second-order valence-electron chi connectivity index (χ2n) is 3.35. The smallest absolute Gasteiger partial charge is 0.0833 e. The summed E-state index contributed by atoms with van der Waals surface area (Å²) in [5.41, 5.74) is 1.70. The Bertz CT molecular complexity index is 336. The largest absolute Gasteiger partial charge is 0.394 e. The van der Waals surface area contributed by atoms with Crippen molar-refractivity contribution in [3.63, 3.8) is 0 Å². The average Bonchev–Trinajstić information content (AvgIpc) is 2.27. The van der Waals surface area contributed by atoms with Crippen molar-refractivity contribution in [3.05, 3.63) is 29.6 Å². The second kappa shape index (κ2) is 6.92. The van der Waals surface area contributed by atoms with E-state index in [1.54, 1.807) is 11.2 Å². The molecule has 0 aliphatic heterocycles. The minimum absolute atomic E-state index is 0.0125. The summed E-state index contributed by atoms with van der Waals surface area (Å²) in [5, 5.41) is 23.3. The third-order valence-corrected chi connectivity index (χ3v) is 1.98. The van der Waals surface area contributed by atoms with Gasteiger partial charge in [-0.3, -0.25) is 9.99 Å². The fraction of sp³-hybridized carbons (Fsp3) is 0.455. The van der Waals surface area contributed by atoms with Crippen molar-refractivity contribution >= 4 is 6.21 Å². The quantitative estimate of drug-likeness (QED) is 0.526. The highest BCUT2D eigenvalue weighted by Crippen LogP contribution is 1.96.